The van der Waals surface area contributed by atoms with E-state index in [2.05, 4.69) is 26.9 Å². The van der Waals surface area contributed by atoms with Crippen molar-refractivity contribution in [3.63, 3.8) is 0 Å². The second-order valence-corrected chi connectivity index (χ2v) is 6.67. The molecule has 1 heterocycles. The number of halogens is 1. The van der Waals surface area contributed by atoms with Crippen LogP contribution in [0.4, 0.5) is 4.79 Å². The van der Waals surface area contributed by atoms with Crippen LogP contribution in [0, 0.1) is 0 Å². The summed E-state index contributed by atoms with van der Waals surface area (Å²) in [7, 11) is 0. The number of amides is 1. The van der Waals surface area contributed by atoms with E-state index in [1.54, 1.807) is 0 Å². The Morgan fingerprint density at radius 3 is 2.38 bits per heavy atom. The van der Waals surface area contributed by atoms with E-state index in [1.165, 1.54) is 4.90 Å². The molecule has 0 aliphatic carbocycles. The Kier molecular flexibility index (Phi) is 5.37. The molecule has 3 rings (SSSR count). The molecule has 1 N–H and O–H groups in total. The maximum atomic E-state index is 10.9. The molecule has 0 atom stereocenters. The molecule has 2 aromatic carbocycles. The lowest BCUT2D eigenvalue weighted by Crippen LogP contribution is -2.47. The van der Waals surface area contributed by atoms with Gasteiger partial charge < -0.3 is 14.7 Å². The van der Waals surface area contributed by atoms with Gasteiger partial charge in [0.15, 0.2) is 0 Å². The molecule has 1 aliphatic heterocycles. The van der Waals surface area contributed by atoms with Gasteiger partial charge in [0.05, 0.1) is 0 Å². The molecule has 0 saturated carbocycles. The van der Waals surface area contributed by atoms with Crippen molar-refractivity contribution in [3.05, 3.63) is 58.6 Å². The summed E-state index contributed by atoms with van der Waals surface area (Å²) in [4.78, 5) is 14.7. The van der Waals surface area contributed by atoms with Crippen molar-refractivity contribution >= 4 is 22.0 Å². The number of ether oxygens (including phenoxy) is 1. The molecule has 1 saturated heterocycles. The van der Waals surface area contributed by atoms with Crippen LogP contribution in [0.3, 0.4) is 0 Å². The van der Waals surface area contributed by atoms with Crippen LogP contribution in [0.1, 0.15) is 5.56 Å². The average molecular weight is 391 g/mol. The van der Waals surface area contributed by atoms with E-state index < -0.39 is 6.09 Å². The summed E-state index contributed by atoms with van der Waals surface area (Å²) in [5, 5.41) is 9.00. The Labute approximate surface area is 149 Å². The molecule has 6 heteroatoms. The fourth-order valence-electron chi connectivity index (χ4n) is 2.73. The zero-order valence-corrected chi connectivity index (χ0v) is 14.8. The Bertz CT molecular complexity index is 715. The normalized spacial score (nSPS) is 15.3. The molecule has 0 radical (unpaired) electrons. The highest BCUT2D eigenvalue weighted by molar-refractivity contribution is 9.10. The molecule has 0 aromatic heterocycles. The highest BCUT2D eigenvalue weighted by atomic mass is 79.9. The summed E-state index contributed by atoms with van der Waals surface area (Å²) < 4.78 is 6.88. The lowest BCUT2D eigenvalue weighted by molar-refractivity contribution is 0.103. The van der Waals surface area contributed by atoms with Gasteiger partial charge in [0.25, 0.3) is 0 Å². The molecule has 2 aromatic rings. The van der Waals surface area contributed by atoms with Gasteiger partial charge in [0, 0.05) is 37.2 Å². The fourth-order valence-corrected chi connectivity index (χ4v) is 3.11. The number of carbonyl (C=O) groups is 1. The minimum absolute atomic E-state index is 0.559. The van der Waals surface area contributed by atoms with Crippen LogP contribution in [0.25, 0.3) is 0 Å². The van der Waals surface area contributed by atoms with Crippen molar-refractivity contribution in [2.24, 2.45) is 0 Å². The molecule has 0 unspecified atom stereocenters. The van der Waals surface area contributed by atoms with Crippen LogP contribution in [0.15, 0.2) is 53.0 Å². The number of benzene rings is 2. The first-order chi connectivity index (χ1) is 11.6. The Balaban J connectivity index is 1.60. The summed E-state index contributed by atoms with van der Waals surface area (Å²) in [5.74, 6) is 1.59. The lowest BCUT2D eigenvalue weighted by Gasteiger charge is -2.33. The minimum atomic E-state index is -0.834. The van der Waals surface area contributed by atoms with E-state index in [-0.39, 0.29) is 0 Å². The third kappa shape index (κ3) is 4.49. The Morgan fingerprint density at radius 2 is 1.71 bits per heavy atom. The highest BCUT2D eigenvalue weighted by Gasteiger charge is 2.20. The molecular weight excluding hydrogens is 372 g/mol. The molecule has 0 bridgehead atoms. The van der Waals surface area contributed by atoms with Crippen LogP contribution >= 0.6 is 15.9 Å². The zero-order chi connectivity index (χ0) is 16.9. The van der Waals surface area contributed by atoms with Gasteiger partial charge in [0.1, 0.15) is 11.5 Å². The van der Waals surface area contributed by atoms with Gasteiger partial charge in [0.2, 0.25) is 0 Å². The second kappa shape index (κ2) is 7.68. The Hall–Kier alpha value is -2.05. The third-order valence-corrected chi connectivity index (χ3v) is 4.47. The quantitative estimate of drug-likeness (QED) is 0.855. The summed E-state index contributed by atoms with van der Waals surface area (Å²) in [5.41, 5.74) is 1.16. The first kappa shape index (κ1) is 16.8. The summed E-state index contributed by atoms with van der Waals surface area (Å²) in [6.45, 7) is 3.42. The molecule has 5 nitrogen and oxygen atoms in total. The first-order valence-corrected chi connectivity index (χ1v) is 8.62. The summed E-state index contributed by atoms with van der Waals surface area (Å²) in [6, 6.07) is 15.8. The van der Waals surface area contributed by atoms with E-state index in [0.29, 0.717) is 13.1 Å². The van der Waals surface area contributed by atoms with E-state index in [1.807, 2.05) is 42.5 Å². The summed E-state index contributed by atoms with van der Waals surface area (Å²) in [6.07, 6.45) is -0.834. The SMILES string of the molecule is O=C(O)N1CCN(Cc2cccc(Oc3cccc(Br)c3)c2)CC1. The van der Waals surface area contributed by atoms with Gasteiger partial charge >= 0.3 is 6.09 Å². The van der Waals surface area contributed by atoms with Crippen molar-refractivity contribution in [3.8, 4) is 11.5 Å². The zero-order valence-electron chi connectivity index (χ0n) is 13.2. The molecule has 1 aliphatic rings. The first-order valence-electron chi connectivity index (χ1n) is 7.83. The van der Waals surface area contributed by atoms with Crippen LogP contribution in [-0.2, 0) is 6.54 Å². The minimum Gasteiger partial charge on any atom is -0.465 e. The Morgan fingerprint density at radius 1 is 1.04 bits per heavy atom. The number of hydrogen-bond acceptors (Lipinski definition) is 3. The van der Waals surface area contributed by atoms with Gasteiger partial charge in [-0.3, -0.25) is 4.90 Å². The van der Waals surface area contributed by atoms with Crippen molar-refractivity contribution in [1.29, 1.82) is 0 Å². The standard InChI is InChI=1S/C18H19BrN2O3/c19-15-4-2-6-17(12-15)24-16-5-1-3-14(11-16)13-20-7-9-21(10-8-20)18(22)23/h1-6,11-12H,7-10,13H2,(H,22,23). The van der Waals surface area contributed by atoms with Crippen molar-refractivity contribution in [1.82, 2.24) is 9.80 Å². The molecule has 1 fully saturated rings. The smallest absolute Gasteiger partial charge is 0.407 e. The molecule has 0 spiro atoms. The molecule has 24 heavy (non-hydrogen) atoms. The predicted octanol–water partition coefficient (Wildman–Crippen LogP) is 4.04. The van der Waals surface area contributed by atoms with E-state index in [4.69, 9.17) is 9.84 Å². The maximum Gasteiger partial charge on any atom is 0.407 e. The summed E-state index contributed by atoms with van der Waals surface area (Å²) >= 11 is 3.44. The van der Waals surface area contributed by atoms with Gasteiger partial charge in [-0.15, -0.1) is 0 Å². The van der Waals surface area contributed by atoms with Crippen molar-refractivity contribution in [2.75, 3.05) is 26.2 Å². The fraction of sp³-hybridized carbons (Fsp3) is 0.278. The highest BCUT2D eigenvalue weighted by Crippen LogP contribution is 2.25. The monoisotopic (exact) mass is 390 g/mol. The number of rotatable bonds is 4. The van der Waals surface area contributed by atoms with Crippen molar-refractivity contribution in [2.45, 2.75) is 6.54 Å². The predicted molar refractivity (Wildman–Crippen MR) is 95.5 cm³/mol. The molecule has 126 valence electrons. The van der Waals surface area contributed by atoms with Crippen LogP contribution in [-0.4, -0.2) is 47.2 Å². The number of hydrogen-bond donors (Lipinski definition) is 1. The average Bonchev–Trinajstić information content (AvgIpc) is 2.56. The van der Waals surface area contributed by atoms with Crippen LogP contribution in [0.5, 0.6) is 11.5 Å². The largest absolute Gasteiger partial charge is 0.465 e. The number of nitrogens with zero attached hydrogens (tertiary/aromatic N) is 2. The number of piperazine rings is 1. The second-order valence-electron chi connectivity index (χ2n) is 5.75. The van der Waals surface area contributed by atoms with Gasteiger partial charge in [-0.25, -0.2) is 4.79 Å². The molecular formula is C18H19BrN2O3. The maximum absolute atomic E-state index is 10.9. The van der Waals surface area contributed by atoms with Crippen LogP contribution < -0.4 is 4.74 Å². The molecule has 1 amide bonds. The van der Waals surface area contributed by atoms with Gasteiger partial charge in [-0.05, 0) is 35.9 Å². The topological polar surface area (TPSA) is 53.0 Å². The van der Waals surface area contributed by atoms with Crippen LogP contribution in [0.2, 0.25) is 0 Å². The van der Waals surface area contributed by atoms with E-state index in [9.17, 15) is 4.79 Å². The van der Waals surface area contributed by atoms with Gasteiger partial charge in [-0.2, -0.15) is 0 Å². The van der Waals surface area contributed by atoms with Crippen molar-refractivity contribution < 1.29 is 14.6 Å². The number of carboxylic acid groups (broad SMARTS) is 1. The third-order valence-electron chi connectivity index (χ3n) is 3.98. The lowest BCUT2D eigenvalue weighted by atomic mass is 10.2. The van der Waals surface area contributed by atoms with E-state index >= 15 is 0 Å². The van der Waals surface area contributed by atoms with E-state index in [0.717, 1.165) is 41.2 Å². The van der Waals surface area contributed by atoms with Gasteiger partial charge in [-0.1, -0.05) is 34.1 Å².